The fourth-order valence-corrected chi connectivity index (χ4v) is 4.01. The second-order valence-electron chi connectivity index (χ2n) is 4.92. The number of nitrogens with zero attached hydrogens (tertiary/aromatic N) is 2. The number of aromatic nitrogens is 3. The van der Waals surface area contributed by atoms with Gasteiger partial charge in [0.05, 0.1) is 5.25 Å². The van der Waals surface area contributed by atoms with Crippen LogP contribution in [-0.4, -0.2) is 20.9 Å². The van der Waals surface area contributed by atoms with Crippen LogP contribution in [0.3, 0.4) is 0 Å². The molecule has 2 heterocycles. The first kappa shape index (κ1) is 10.6. The highest BCUT2D eigenvalue weighted by molar-refractivity contribution is 7.99. The zero-order chi connectivity index (χ0) is 10.8. The standard InChI is InChI=1S/C12H19N3S/c1-2-6-9(5-1)11-13-12(15-14-11)10-7-3-4-8-16-10/h9-10H,1-8H2,(H,13,14,15). The average molecular weight is 237 g/mol. The summed E-state index contributed by atoms with van der Waals surface area (Å²) in [5.74, 6) is 4.13. The molecule has 0 amide bonds. The highest BCUT2D eigenvalue weighted by Gasteiger charge is 2.24. The van der Waals surface area contributed by atoms with Crippen molar-refractivity contribution in [3.63, 3.8) is 0 Å². The van der Waals surface area contributed by atoms with Crippen molar-refractivity contribution >= 4 is 11.8 Å². The fourth-order valence-electron chi connectivity index (χ4n) is 2.75. The molecule has 4 heteroatoms. The summed E-state index contributed by atoms with van der Waals surface area (Å²) in [7, 11) is 0. The molecule has 1 atom stereocenters. The third-order valence-corrected chi connectivity index (χ3v) is 5.11. The number of hydrogen-bond donors (Lipinski definition) is 1. The molecule has 1 aromatic heterocycles. The summed E-state index contributed by atoms with van der Waals surface area (Å²) >= 11 is 2.04. The lowest BCUT2D eigenvalue weighted by Gasteiger charge is -2.18. The van der Waals surface area contributed by atoms with Crippen LogP contribution in [0, 0.1) is 0 Å². The predicted molar refractivity (Wildman–Crippen MR) is 66.6 cm³/mol. The summed E-state index contributed by atoms with van der Waals surface area (Å²) < 4.78 is 0. The smallest absolute Gasteiger partial charge is 0.153 e. The van der Waals surface area contributed by atoms with Gasteiger partial charge >= 0.3 is 0 Å². The zero-order valence-corrected chi connectivity index (χ0v) is 10.4. The monoisotopic (exact) mass is 237 g/mol. The molecule has 1 aliphatic heterocycles. The molecule has 0 bridgehead atoms. The normalized spacial score (nSPS) is 27.4. The summed E-state index contributed by atoms with van der Waals surface area (Å²) in [6, 6.07) is 0. The Hall–Kier alpha value is -0.510. The first-order valence-electron chi connectivity index (χ1n) is 6.47. The minimum atomic E-state index is 0.580. The van der Waals surface area contributed by atoms with Gasteiger partial charge in [0.2, 0.25) is 0 Å². The van der Waals surface area contributed by atoms with Gasteiger partial charge in [-0.25, -0.2) is 4.98 Å². The number of thioether (sulfide) groups is 1. The van der Waals surface area contributed by atoms with Gasteiger partial charge in [0.15, 0.2) is 5.82 Å². The van der Waals surface area contributed by atoms with Gasteiger partial charge in [-0.1, -0.05) is 19.3 Å². The lowest BCUT2D eigenvalue weighted by atomic mass is 10.1. The Balaban J connectivity index is 1.71. The van der Waals surface area contributed by atoms with Gasteiger partial charge in [0.25, 0.3) is 0 Å². The molecule has 16 heavy (non-hydrogen) atoms. The molecule has 3 nitrogen and oxygen atoms in total. The van der Waals surface area contributed by atoms with Crippen molar-refractivity contribution in [3.05, 3.63) is 11.6 Å². The van der Waals surface area contributed by atoms with Gasteiger partial charge in [-0.3, -0.25) is 5.10 Å². The SMILES string of the molecule is C1CCC(c2nc(C3CCCC3)n[nH]2)SC1. The van der Waals surface area contributed by atoms with E-state index in [1.54, 1.807) is 0 Å². The molecule has 0 aromatic carbocycles. The van der Waals surface area contributed by atoms with Crippen molar-refractivity contribution in [3.8, 4) is 0 Å². The molecule has 0 spiro atoms. The van der Waals surface area contributed by atoms with Crippen LogP contribution in [0.15, 0.2) is 0 Å². The molecule has 2 fully saturated rings. The summed E-state index contributed by atoms with van der Waals surface area (Å²) in [6.07, 6.45) is 9.26. The Morgan fingerprint density at radius 2 is 1.88 bits per heavy atom. The third kappa shape index (κ3) is 2.12. The van der Waals surface area contributed by atoms with Crippen molar-refractivity contribution in [2.45, 2.75) is 56.1 Å². The van der Waals surface area contributed by atoms with Crippen molar-refractivity contribution in [1.82, 2.24) is 15.2 Å². The molecular weight excluding hydrogens is 218 g/mol. The summed E-state index contributed by atoms with van der Waals surface area (Å²) in [5.41, 5.74) is 0. The molecule has 1 unspecified atom stereocenters. The molecule has 0 radical (unpaired) electrons. The van der Waals surface area contributed by atoms with Gasteiger partial charge in [0.1, 0.15) is 5.82 Å². The number of rotatable bonds is 2. The molecule has 1 saturated carbocycles. The van der Waals surface area contributed by atoms with Crippen LogP contribution in [0.4, 0.5) is 0 Å². The van der Waals surface area contributed by atoms with Gasteiger partial charge in [-0.05, 0) is 31.4 Å². The molecule has 1 saturated heterocycles. The first-order valence-corrected chi connectivity index (χ1v) is 7.52. The number of H-pyrrole nitrogens is 1. The van der Waals surface area contributed by atoms with Crippen LogP contribution < -0.4 is 0 Å². The highest BCUT2D eigenvalue weighted by atomic mass is 32.2. The first-order chi connectivity index (χ1) is 7.93. The van der Waals surface area contributed by atoms with E-state index >= 15 is 0 Å². The minimum absolute atomic E-state index is 0.580. The Bertz CT molecular complexity index is 338. The Labute approximate surface area is 101 Å². The van der Waals surface area contributed by atoms with Crippen LogP contribution >= 0.6 is 11.8 Å². The van der Waals surface area contributed by atoms with E-state index in [0.29, 0.717) is 11.2 Å². The Kier molecular flexibility index (Phi) is 3.18. The van der Waals surface area contributed by atoms with Crippen molar-refractivity contribution in [2.75, 3.05) is 5.75 Å². The van der Waals surface area contributed by atoms with E-state index in [-0.39, 0.29) is 0 Å². The Morgan fingerprint density at radius 3 is 2.62 bits per heavy atom. The average Bonchev–Trinajstić information content (AvgIpc) is 3.01. The topological polar surface area (TPSA) is 41.6 Å². The maximum Gasteiger partial charge on any atom is 0.153 e. The summed E-state index contributed by atoms with van der Waals surface area (Å²) in [6.45, 7) is 0. The second kappa shape index (κ2) is 4.78. The van der Waals surface area contributed by atoms with E-state index in [9.17, 15) is 0 Å². The molecule has 2 aliphatic rings. The van der Waals surface area contributed by atoms with Gasteiger partial charge < -0.3 is 0 Å². The minimum Gasteiger partial charge on any atom is -0.262 e. The molecule has 1 aromatic rings. The maximum atomic E-state index is 4.73. The summed E-state index contributed by atoms with van der Waals surface area (Å²) in [4.78, 5) is 4.73. The number of aromatic amines is 1. The lowest BCUT2D eigenvalue weighted by Crippen LogP contribution is -2.04. The van der Waals surface area contributed by atoms with Crippen LogP contribution in [0.5, 0.6) is 0 Å². The van der Waals surface area contributed by atoms with Crippen LogP contribution in [0.1, 0.15) is 67.8 Å². The third-order valence-electron chi connectivity index (χ3n) is 3.72. The van der Waals surface area contributed by atoms with Crippen LogP contribution in [0.2, 0.25) is 0 Å². The molecule has 1 aliphatic carbocycles. The van der Waals surface area contributed by atoms with E-state index in [1.165, 1.54) is 50.7 Å². The molecule has 88 valence electrons. The van der Waals surface area contributed by atoms with Gasteiger partial charge in [0, 0.05) is 5.92 Å². The van der Waals surface area contributed by atoms with E-state index in [1.807, 2.05) is 11.8 Å². The van der Waals surface area contributed by atoms with Crippen molar-refractivity contribution < 1.29 is 0 Å². The molecule has 3 rings (SSSR count). The molecular formula is C12H19N3S. The van der Waals surface area contributed by atoms with Crippen LogP contribution in [-0.2, 0) is 0 Å². The van der Waals surface area contributed by atoms with E-state index in [4.69, 9.17) is 4.98 Å². The maximum absolute atomic E-state index is 4.73. The second-order valence-corrected chi connectivity index (χ2v) is 6.23. The Morgan fingerprint density at radius 1 is 1.06 bits per heavy atom. The number of hydrogen-bond acceptors (Lipinski definition) is 3. The van der Waals surface area contributed by atoms with Crippen molar-refractivity contribution in [1.29, 1.82) is 0 Å². The fraction of sp³-hybridized carbons (Fsp3) is 0.833. The number of nitrogens with one attached hydrogen (secondary N) is 1. The lowest BCUT2D eigenvalue weighted by molar-refractivity contribution is 0.658. The predicted octanol–water partition coefficient (Wildman–Crippen LogP) is 3.42. The van der Waals surface area contributed by atoms with E-state index in [2.05, 4.69) is 10.2 Å². The highest BCUT2D eigenvalue weighted by Crippen LogP contribution is 2.38. The van der Waals surface area contributed by atoms with E-state index < -0.39 is 0 Å². The van der Waals surface area contributed by atoms with E-state index in [0.717, 1.165) is 11.6 Å². The van der Waals surface area contributed by atoms with Gasteiger partial charge in [-0.2, -0.15) is 16.9 Å². The zero-order valence-electron chi connectivity index (χ0n) is 9.61. The summed E-state index contributed by atoms with van der Waals surface area (Å²) in [5, 5.41) is 8.17. The largest absolute Gasteiger partial charge is 0.262 e. The quantitative estimate of drug-likeness (QED) is 0.857. The van der Waals surface area contributed by atoms with Gasteiger partial charge in [-0.15, -0.1) is 0 Å². The van der Waals surface area contributed by atoms with Crippen LogP contribution in [0.25, 0.3) is 0 Å². The van der Waals surface area contributed by atoms with Crippen molar-refractivity contribution in [2.24, 2.45) is 0 Å². The molecule has 1 N–H and O–H groups in total.